The normalized spacial score (nSPS) is 16.5. The maximum Gasteiger partial charge on any atom is 0.125 e. The summed E-state index contributed by atoms with van der Waals surface area (Å²) in [4.78, 5) is 0. The van der Waals surface area contributed by atoms with E-state index in [9.17, 15) is 4.39 Å². The fourth-order valence-corrected chi connectivity index (χ4v) is 1.54. The van der Waals surface area contributed by atoms with E-state index in [4.69, 9.17) is 5.73 Å². The van der Waals surface area contributed by atoms with Gasteiger partial charge in [0.2, 0.25) is 0 Å². The quantitative estimate of drug-likeness (QED) is 0.636. The van der Waals surface area contributed by atoms with Gasteiger partial charge in [-0.1, -0.05) is 0 Å². The van der Waals surface area contributed by atoms with E-state index >= 15 is 0 Å². The van der Waals surface area contributed by atoms with Crippen LogP contribution in [0.3, 0.4) is 0 Å². The molecule has 1 saturated carbocycles. The summed E-state index contributed by atoms with van der Waals surface area (Å²) in [6.45, 7) is 1.96. The Morgan fingerprint density at radius 2 is 2.08 bits per heavy atom. The van der Waals surface area contributed by atoms with Gasteiger partial charge in [-0.05, 0) is 48.9 Å². The zero-order valence-corrected chi connectivity index (χ0v) is 7.10. The van der Waals surface area contributed by atoms with Crippen molar-refractivity contribution in [2.24, 2.45) is 0 Å². The molecule has 2 heteroatoms. The van der Waals surface area contributed by atoms with E-state index in [2.05, 4.69) is 0 Å². The van der Waals surface area contributed by atoms with Crippen molar-refractivity contribution in [3.8, 4) is 0 Å². The number of rotatable bonds is 1. The van der Waals surface area contributed by atoms with Gasteiger partial charge >= 0.3 is 0 Å². The molecule has 1 aliphatic carbocycles. The smallest absolute Gasteiger partial charge is 0.125 e. The minimum atomic E-state index is -0.208. The Balaban J connectivity index is 2.51. The maximum atomic E-state index is 12.9. The minimum absolute atomic E-state index is 0.208. The van der Waals surface area contributed by atoms with E-state index in [1.807, 2.05) is 6.92 Å². The van der Waals surface area contributed by atoms with Crippen molar-refractivity contribution in [1.29, 1.82) is 0 Å². The maximum absolute atomic E-state index is 12.9. The summed E-state index contributed by atoms with van der Waals surface area (Å²) in [6, 6.07) is 3.00. The fraction of sp³-hybridized carbons (Fsp3) is 0.400. The van der Waals surface area contributed by atoms with Crippen LogP contribution in [0.15, 0.2) is 12.1 Å². The van der Waals surface area contributed by atoms with Gasteiger partial charge in [0, 0.05) is 5.69 Å². The largest absolute Gasteiger partial charge is 0.398 e. The van der Waals surface area contributed by atoms with Crippen LogP contribution in [0.1, 0.15) is 29.9 Å². The van der Waals surface area contributed by atoms with E-state index in [1.54, 1.807) is 6.07 Å². The van der Waals surface area contributed by atoms with Crippen LogP contribution in [-0.2, 0) is 0 Å². The summed E-state index contributed by atoms with van der Waals surface area (Å²) in [6.07, 6.45) is 2.37. The molecule has 0 bridgehead atoms. The molecule has 0 spiro atoms. The minimum Gasteiger partial charge on any atom is -0.398 e. The summed E-state index contributed by atoms with van der Waals surface area (Å²) in [5.74, 6) is 0.364. The first kappa shape index (κ1) is 7.59. The molecule has 1 aromatic carbocycles. The highest BCUT2D eigenvalue weighted by atomic mass is 19.1. The highest BCUT2D eigenvalue weighted by Crippen LogP contribution is 2.42. The number of nitrogens with two attached hydrogens (primary N) is 1. The molecule has 2 N–H and O–H groups in total. The summed E-state index contributed by atoms with van der Waals surface area (Å²) < 4.78 is 12.9. The van der Waals surface area contributed by atoms with Crippen LogP contribution in [0, 0.1) is 12.7 Å². The average molecular weight is 165 g/mol. The number of hydrogen-bond acceptors (Lipinski definition) is 1. The lowest BCUT2D eigenvalue weighted by molar-refractivity contribution is 0.625. The zero-order chi connectivity index (χ0) is 8.72. The second-order valence-electron chi connectivity index (χ2n) is 3.48. The van der Waals surface area contributed by atoms with Crippen LogP contribution in [0.25, 0.3) is 0 Å². The number of hydrogen-bond donors (Lipinski definition) is 1. The molecule has 0 radical (unpaired) electrons. The van der Waals surface area contributed by atoms with Gasteiger partial charge in [0.15, 0.2) is 0 Å². The Labute approximate surface area is 71.4 Å². The van der Waals surface area contributed by atoms with Crippen molar-refractivity contribution in [2.45, 2.75) is 25.7 Å². The molecule has 0 heterocycles. The Bertz CT molecular complexity index is 316. The average Bonchev–Trinajstić information content (AvgIpc) is 2.79. The molecule has 0 aliphatic heterocycles. The molecular weight excluding hydrogens is 153 g/mol. The van der Waals surface area contributed by atoms with Crippen LogP contribution in [0.4, 0.5) is 10.1 Å². The van der Waals surface area contributed by atoms with Crippen LogP contribution in [-0.4, -0.2) is 0 Å². The van der Waals surface area contributed by atoms with Crippen molar-refractivity contribution in [3.63, 3.8) is 0 Å². The first-order valence-corrected chi connectivity index (χ1v) is 4.24. The van der Waals surface area contributed by atoms with E-state index in [1.165, 1.54) is 18.9 Å². The molecule has 0 saturated heterocycles. The van der Waals surface area contributed by atoms with Gasteiger partial charge in [0.25, 0.3) is 0 Å². The Morgan fingerprint density at radius 3 is 2.67 bits per heavy atom. The lowest BCUT2D eigenvalue weighted by Crippen LogP contribution is -1.96. The topological polar surface area (TPSA) is 26.0 Å². The Hall–Kier alpha value is -1.05. The van der Waals surface area contributed by atoms with E-state index < -0.39 is 0 Å². The molecule has 0 unspecified atom stereocenters. The first-order valence-electron chi connectivity index (χ1n) is 4.24. The number of nitrogen functional groups attached to an aromatic ring is 1. The number of benzene rings is 1. The van der Waals surface area contributed by atoms with Gasteiger partial charge in [0.05, 0.1) is 0 Å². The SMILES string of the molecule is Cc1c(N)cc(F)cc1C1CC1. The standard InChI is InChI=1S/C10H12FN/c1-6-9(7-2-3-7)4-8(11)5-10(6)12/h4-5,7H,2-3,12H2,1H3. The van der Waals surface area contributed by atoms with Crippen molar-refractivity contribution in [3.05, 3.63) is 29.1 Å². The Kier molecular flexibility index (Phi) is 1.56. The monoisotopic (exact) mass is 165 g/mol. The fourth-order valence-electron chi connectivity index (χ4n) is 1.54. The summed E-state index contributed by atoms with van der Waals surface area (Å²) in [5, 5.41) is 0. The van der Waals surface area contributed by atoms with Gasteiger partial charge < -0.3 is 5.73 Å². The van der Waals surface area contributed by atoms with Crippen molar-refractivity contribution >= 4 is 5.69 Å². The third-order valence-corrected chi connectivity index (χ3v) is 2.47. The van der Waals surface area contributed by atoms with Gasteiger partial charge in [0.1, 0.15) is 5.82 Å². The van der Waals surface area contributed by atoms with Crippen LogP contribution in [0.5, 0.6) is 0 Å². The molecule has 1 aliphatic rings. The van der Waals surface area contributed by atoms with E-state index in [0.29, 0.717) is 11.6 Å². The predicted octanol–water partition coefficient (Wildman–Crippen LogP) is 2.59. The number of halogens is 1. The molecule has 1 nitrogen and oxygen atoms in total. The predicted molar refractivity (Wildman–Crippen MR) is 47.5 cm³/mol. The zero-order valence-electron chi connectivity index (χ0n) is 7.10. The van der Waals surface area contributed by atoms with Gasteiger partial charge in [-0.2, -0.15) is 0 Å². The molecule has 1 fully saturated rings. The van der Waals surface area contributed by atoms with Crippen LogP contribution < -0.4 is 5.73 Å². The molecular formula is C10H12FN. The lowest BCUT2D eigenvalue weighted by atomic mass is 10.0. The molecule has 0 atom stereocenters. The highest BCUT2D eigenvalue weighted by molar-refractivity contribution is 5.52. The van der Waals surface area contributed by atoms with E-state index in [-0.39, 0.29) is 5.82 Å². The Morgan fingerprint density at radius 1 is 1.42 bits per heavy atom. The number of anilines is 1. The summed E-state index contributed by atoms with van der Waals surface area (Å²) >= 11 is 0. The second-order valence-corrected chi connectivity index (χ2v) is 3.48. The molecule has 2 rings (SSSR count). The van der Waals surface area contributed by atoms with Gasteiger partial charge in [-0.15, -0.1) is 0 Å². The van der Waals surface area contributed by atoms with Crippen molar-refractivity contribution < 1.29 is 4.39 Å². The third-order valence-electron chi connectivity index (χ3n) is 2.47. The van der Waals surface area contributed by atoms with Crippen molar-refractivity contribution in [1.82, 2.24) is 0 Å². The molecule has 1 aromatic rings. The van der Waals surface area contributed by atoms with Crippen molar-refractivity contribution in [2.75, 3.05) is 5.73 Å². The lowest BCUT2D eigenvalue weighted by Gasteiger charge is -2.06. The van der Waals surface area contributed by atoms with Gasteiger partial charge in [-0.25, -0.2) is 4.39 Å². The van der Waals surface area contributed by atoms with Gasteiger partial charge in [-0.3, -0.25) is 0 Å². The summed E-state index contributed by atoms with van der Waals surface area (Å²) in [7, 11) is 0. The summed E-state index contributed by atoms with van der Waals surface area (Å²) in [5.41, 5.74) is 8.39. The molecule has 12 heavy (non-hydrogen) atoms. The highest BCUT2D eigenvalue weighted by Gasteiger charge is 2.26. The molecule has 0 amide bonds. The second kappa shape index (κ2) is 2.47. The third kappa shape index (κ3) is 1.17. The van der Waals surface area contributed by atoms with Crippen LogP contribution in [0.2, 0.25) is 0 Å². The van der Waals surface area contributed by atoms with Crippen LogP contribution >= 0.6 is 0 Å². The molecule has 64 valence electrons. The van der Waals surface area contributed by atoms with E-state index in [0.717, 1.165) is 11.1 Å². The first-order chi connectivity index (χ1) is 5.68. The molecule has 0 aromatic heterocycles.